The molecule has 2 heterocycles. The number of carbonyl (C=O) groups is 1. The summed E-state index contributed by atoms with van der Waals surface area (Å²) in [5.41, 5.74) is 2.05. The first kappa shape index (κ1) is 18.9. The van der Waals surface area contributed by atoms with Gasteiger partial charge < -0.3 is 10.0 Å². The first-order valence-electron chi connectivity index (χ1n) is 9.01. The minimum absolute atomic E-state index is 0. The van der Waals surface area contributed by atoms with E-state index in [1.165, 1.54) is 5.56 Å². The van der Waals surface area contributed by atoms with Crippen LogP contribution in [0.15, 0.2) is 60.7 Å². The van der Waals surface area contributed by atoms with Gasteiger partial charge in [0, 0.05) is 25.3 Å². The van der Waals surface area contributed by atoms with Gasteiger partial charge in [-0.1, -0.05) is 48.5 Å². The van der Waals surface area contributed by atoms with E-state index >= 15 is 0 Å². The van der Waals surface area contributed by atoms with E-state index < -0.39 is 0 Å². The number of piperidine rings is 1. The topological polar surface area (TPSA) is 43.8 Å². The van der Waals surface area contributed by atoms with Crippen LogP contribution in [0.3, 0.4) is 0 Å². The zero-order valence-electron chi connectivity index (χ0n) is 14.8. The molecule has 138 valence electrons. The van der Waals surface area contributed by atoms with Gasteiger partial charge in [-0.05, 0) is 30.5 Å². The number of benzene rings is 2. The summed E-state index contributed by atoms with van der Waals surface area (Å²) in [6.07, 6.45) is 1.82. The number of likely N-dealkylation sites (tertiary alicyclic amines) is 1. The van der Waals surface area contributed by atoms with Gasteiger partial charge in [0.2, 0.25) is 5.91 Å². The summed E-state index contributed by atoms with van der Waals surface area (Å²) in [6, 6.07) is 20.4. The van der Waals surface area contributed by atoms with Crippen LogP contribution < -0.4 is 4.90 Å². The van der Waals surface area contributed by atoms with E-state index in [-0.39, 0.29) is 36.4 Å². The van der Waals surface area contributed by atoms with Crippen LogP contribution in [0.5, 0.6) is 0 Å². The zero-order valence-corrected chi connectivity index (χ0v) is 15.6. The number of β-lactam (4-membered cyclic amide) rings is 1. The molecule has 5 heteroatoms. The van der Waals surface area contributed by atoms with Crippen molar-refractivity contribution < 1.29 is 9.90 Å². The van der Waals surface area contributed by atoms with E-state index in [9.17, 15) is 9.90 Å². The smallest absolute Gasteiger partial charge is 0.235 e. The second-order valence-electron chi connectivity index (χ2n) is 7.11. The fourth-order valence-electron chi connectivity index (χ4n) is 4.42. The minimum Gasteiger partial charge on any atom is -0.395 e. The Morgan fingerprint density at radius 2 is 1.54 bits per heavy atom. The van der Waals surface area contributed by atoms with E-state index in [0.29, 0.717) is 0 Å². The Kier molecular flexibility index (Phi) is 5.66. The van der Waals surface area contributed by atoms with Crippen LogP contribution in [0.4, 0.5) is 5.69 Å². The molecule has 0 radical (unpaired) electrons. The van der Waals surface area contributed by atoms with Crippen LogP contribution in [0, 0.1) is 5.92 Å². The number of aliphatic hydroxyl groups excluding tert-OH is 1. The zero-order chi connectivity index (χ0) is 17.3. The van der Waals surface area contributed by atoms with Crippen molar-refractivity contribution >= 4 is 24.0 Å². The Morgan fingerprint density at radius 3 is 2.12 bits per heavy atom. The number of halogens is 1. The third kappa shape index (κ3) is 3.13. The van der Waals surface area contributed by atoms with E-state index in [2.05, 4.69) is 29.2 Å². The van der Waals surface area contributed by atoms with Crippen LogP contribution in [0.25, 0.3) is 0 Å². The van der Waals surface area contributed by atoms with Crippen LogP contribution in [-0.4, -0.2) is 41.1 Å². The first-order valence-corrected chi connectivity index (χ1v) is 9.01. The quantitative estimate of drug-likeness (QED) is 0.839. The molecule has 4 rings (SSSR count). The predicted octanol–water partition coefficient (Wildman–Crippen LogP) is 3.10. The van der Waals surface area contributed by atoms with Crippen molar-refractivity contribution in [3.05, 3.63) is 66.2 Å². The average molecular weight is 373 g/mol. The maximum atomic E-state index is 12.6. The Labute approximate surface area is 160 Å². The molecule has 0 bridgehead atoms. The fraction of sp³-hybridized carbons (Fsp3) is 0.381. The summed E-state index contributed by atoms with van der Waals surface area (Å²) in [5.74, 6) is -0.197. The van der Waals surface area contributed by atoms with Gasteiger partial charge in [-0.25, -0.2) is 0 Å². The molecule has 0 aromatic heterocycles. The van der Waals surface area contributed by atoms with Gasteiger partial charge in [-0.2, -0.15) is 0 Å². The van der Waals surface area contributed by atoms with Crippen LogP contribution in [0.2, 0.25) is 0 Å². The lowest BCUT2D eigenvalue weighted by molar-refractivity contribution is -0.140. The lowest BCUT2D eigenvalue weighted by Crippen LogP contribution is -2.75. The summed E-state index contributed by atoms with van der Waals surface area (Å²) in [7, 11) is 0. The molecule has 1 N–H and O–H groups in total. The van der Waals surface area contributed by atoms with Crippen molar-refractivity contribution in [2.24, 2.45) is 5.92 Å². The number of hydrogen-bond acceptors (Lipinski definition) is 3. The Morgan fingerprint density at radius 1 is 0.962 bits per heavy atom. The Bertz CT molecular complexity index is 730. The maximum Gasteiger partial charge on any atom is 0.235 e. The van der Waals surface area contributed by atoms with Crippen molar-refractivity contribution in [3.63, 3.8) is 0 Å². The number of carbonyl (C=O) groups excluding carboxylic acids is 1. The van der Waals surface area contributed by atoms with Crippen molar-refractivity contribution in [1.82, 2.24) is 4.90 Å². The van der Waals surface area contributed by atoms with Gasteiger partial charge >= 0.3 is 0 Å². The van der Waals surface area contributed by atoms with E-state index in [0.717, 1.165) is 38.2 Å². The van der Waals surface area contributed by atoms with Crippen molar-refractivity contribution in [2.45, 2.75) is 24.9 Å². The molecule has 1 amide bonds. The second-order valence-corrected chi connectivity index (χ2v) is 7.11. The normalized spacial score (nSPS) is 22.0. The highest BCUT2D eigenvalue weighted by molar-refractivity contribution is 6.05. The summed E-state index contributed by atoms with van der Waals surface area (Å²) in [5, 5.41) is 9.78. The average Bonchev–Trinajstić information content (AvgIpc) is 2.65. The van der Waals surface area contributed by atoms with Gasteiger partial charge in [0.15, 0.2) is 0 Å². The van der Waals surface area contributed by atoms with Crippen LogP contribution in [0.1, 0.15) is 18.4 Å². The Balaban J connectivity index is 0.00000196. The molecule has 1 atom stereocenters. The molecule has 0 unspecified atom stereocenters. The van der Waals surface area contributed by atoms with Gasteiger partial charge in [-0.3, -0.25) is 9.69 Å². The third-order valence-electron chi connectivity index (χ3n) is 5.78. The SMILES string of the molecule is Cl.O=C1[C@H](CO)C2(CCN(Cc3ccccc3)CC2)N1c1ccccc1. The fourth-order valence-corrected chi connectivity index (χ4v) is 4.42. The molecule has 2 aliphatic heterocycles. The van der Waals surface area contributed by atoms with Crippen LogP contribution in [-0.2, 0) is 11.3 Å². The molecular weight excluding hydrogens is 348 g/mol. The first-order chi connectivity index (χ1) is 12.2. The standard InChI is InChI=1S/C21H24N2O2.ClH/c24-16-19-20(25)23(18-9-5-2-6-10-18)21(19)11-13-22(14-12-21)15-17-7-3-1-4-8-17;/h1-10,19,24H,11-16H2;1H/t19-;/m0./s1. The number of para-hydroxylation sites is 1. The third-order valence-corrected chi connectivity index (χ3v) is 5.78. The molecule has 2 aliphatic rings. The Hall–Kier alpha value is -1.88. The molecule has 0 aliphatic carbocycles. The molecule has 2 aromatic rings. The molecule has 0 saturated carbocycles. The number of aliphatic hydroxyl groups is 1. The molecule has 2 fully saturated rings. The molecule has 2 aromatic carbocycles. The minimum atomic E-state index is -0.258. The molecule has 26 heavy (non-hydrogen) atoms. The summed E-state index contributed by atoms with van der Waals surface area (Å²) < 4.78 is 0. The number of amides is 1. The molecule has 1 spiro atoms. The van der Waals surface area contributed by atoms with Gasteiger partial charge in [0.1, 0.15) is 0 Å². The highest BCUT2D eigenvalue weighted by Gasteiger charge is 2.60. The number of nitrogens with zero attached hydrogens (tertiary/aromatic N) is 2. The predicted molar refractivity (Wildman–Crippen MR) is 105 cm³/mol. The number of hydrogen-bond donors (Lipinski definition) is 1. The van der Waals surface area contributed by atoms with Gasteiger partial charge in [0.25, 0.3) is 0 Å². The lowest BCUT2D eigenvalue weighted by Gasteiger charge is -2.60. The van der Waals surface area contributed by atoms with Crippen molar-refractivity contribution in [1.29, 1.82) is 0 Å². The monoisotopic (exact) mass is 372 g/mol. The van der Waals surface area contributed by atoms with Crippen molar-refractivity contribution in [2.75, 3.05) is 24.6 Å². The van der Waals surface area contributed by atoms with Crippen molar-refractivity contribution in [3.8, 4) is 0 Å². The number of rotatable bonds is 4. The van der Waals surface area contributed by atoms with Gasteiger partial charge in [-0.15, -0.1) is 12.4 Å². The second kappa shape index (κ2) is 7.78. The van der Waals surface area contributed by atoms with Crippen LogP contribution >= 0.6 is 12.4 Å². The summed E-state index contributed by atoms with van der Waals surface area (Å²) in [6.45, 7) is 2.78. The maximum absolute atomic E-state index is 12.6. The largest absolute Gasteiger partial charge is 0.395 e. The number of anilines is 1. The highest BCUT2D eigenvalue weighted by Crippen LogP contribution is 2.48. The highest BCUT2D eigenvalue weighted by atomic mass is 35.5. The summed E-state index contributed by atoms with van der Waals surface area (Å²) in [4.78, 5) is 17.0. The van der Waals surface area contributed by atoms with E-state index in [4.69, 9.17) is 0 Å². The van der Waals surface area contributed by atoms with Gasteiger partial charge in [0.05, 0.1) is 18.1 Å². The molecule has 4 nitrogen and oxygen atoms in total. The van der Waals surface area contributed by atoms with E-state index in [1.807, 2.05) is 41.3 Å². The van der Waals surface area contributed by atoms with E-state index in [1.54, 1.807) is 0 Å². The lowest BCUT2D eigenvalue weighted by atomic mass is 9.67. The molecule has 2 saturated heterocycles. The molecular formula is C21H25ClN2O2. The summed E-state index contributed by atoms with van der Waals surface area (Å²) >= 11 is 0.